The van der Waals surface area contributed by atoms with Crippen molar-refractivity contribution in [2.75, 3.05) is 12.5 Å². The molecule has 4 heteroatoms. The van der Waals surface area contributed by atoms with Crippen molar-refractivity contribution in [1.82, 2.24) is 0 Å². The Bertz CT molecular complexity index is 603. The molecule has 0 saturated carbocycles. The third-order valence-corrected chi connectivity index (χ3v) is 4.81. The van der Waals surface area contributed by atoms with Gasteiger partial charge in [0, 0.05) is 0 Å². The van der Waals surface area contributed by atoms with E-state index in [0.717, 1.165) is 32.0 Å². The average molecular weight is 306 g/mol. The molecule has 2 aromatic rings. The van der Waals surface area contributed by atoms with Crippen LogP contribution in [0.5, 0.6) is 11.5 Å². The Labute approximate surface area is 128 Å². The highest BCUT2D eigenvalue weighted by molar-refractivity contribution is 7.99. The van der Waals surface area contributed by atoms with E-state index in [9.17, 15) is 10.2 Å². The number of hydrogen-bond acceptors (Lipinski definition) is 4. The van der Waals surface area contributed by atoms with Crippen LogP contribution in [0, 0.1) is 13.8 Å². The molecule has 0 saturated heterocycles. The van der Waals surface area contributed by atoms with Gasteiger partial charge < -0.3 is 10.2 Å². The second-order valence-electron chi connectivity index (χ2n) is 4.69. The molecule has 2 aromatic carbocycles. The highest BCUT2D eigenvalue weighted by Crippen LogP contribution is 2.40. The Kier molecular flexibility index (Phi) is 4.55. The number of phenolic OH excluding ortho intramolecular Hbond substituents is 2. The number of phenols is 2. The summed E-state index contributed by atoms with van der Waals surface area (Å²) >= 11 is 3.07. The van der Waals surface area contributed by atoms with E-state index in [4.69, 9.17) is 0 Å². The summed E-state index contributed by atoms with van der Waals surface area (Å²) in [7, 11) is 0. The summed E-state index contributed by atoms with van der Waals surface area (Å²) in [5, 5.41) is 20.0. The van der Waals surface area contributed by atoms with Crippen LogP contribution < -0.4 is 0 Å². The summed E-state index contributed by atoms with van der Waals surface area (Å²) in [5.74, 6) is 0.698. The fourth-order valence-corrected chi connectivity index (χ4v) is 3.34. The van der Waals surface area contributed by atoms with E-state index < -0.39 is 0 Å². The third-order valence-electron chi connectivity index (χ3n) is 3.30. The minimum absolute atomic E-state index is 0.348. The first-order valence-electron chi connectivity index (χ1n) is 6.23. The lowest BCUT2D eigenvalue weighted by Gasteiger charge is -2.12. The van der Waals surface area contributed by atoms with Crippen LogP contribution in [0.1, 0.15) is 11.1 Å². The molecule has 0 unspecified atom stereocenters. The second kappa shape index (κ2) is 6.02. The summed E-state index contributed by atoms with van der Waals surface area (Å²) in [4.78, 5) is 1.74. The minimum atomic E-state index is 0.348. The van der Waals surface area contributed by atoms with Gasteiger partial charge in [-0.3, -0.25) is 0 Å². The maximum Gasteiger partial charge on any atom is 0.142 e. The van der Waals surface area contributed by atoms with Gasteiger partial charge in [-0.1, -0.05) is 0 Å². The van der Waals surface area contributed by atoms with Gasteiger partial charge in [0.25, 0.3) is 0 Å². The van der Waals surface area contributed by atoms with Crippen LogP contribution in [0.3, 0.4) is 0 Å². The Hall–Kier alpha value is -1.26. The van der Waals surface area contributed by atoms with Crippen LogP contribution in [0.25, 0.3) is 11.1 Å². The van der Waals surface area contributed by atoms with Crippen LogP contribution in [-0.2, 0) is 0 Å². The maximum atomic E-state index is 10.1. The van der Waals surface area contributed by atoms with Crippen LogP contribution in [0.15, 0.2) is 34.1 Å². The number of rotatable bonds is 3. The quantitative estimate of drug-likeness (QED) is 0.797. The molecule has 0 spiro atoms. The third kappa shape index (κ3) is 2.76. The highest BCUT2D eigenvalue weighted by Gasteiger charge is 2.12. The SMILES string of the molecule is CSc1cc(-c2cc(C)c(O)c(C)c2)cc(SC)c1O. The summed E-state index contributed by atoms with van der Waals surface area (Å²) < 4.78 is 0. The molecule has 2 N–H and O–H groups in total. The monoisotopic (exact) mass is 306 g/mol. The van der Waals surface area contributed by atoms with Crippen molar-refractivity contribution in [1.29, 1.82) is 0 Å². The van der Waals surface area contributed by atoms with Crippen molar-refractivity contribution in [3.8, 4) is 22.6 Å². The summed E-state index contributed by atoms with van der Waals surface area (Å²) in [6.07, 6.45) is 3.91. The van der Waals surface area contributed by atoms with Crippen molar-refractivity contribution in [3.63, 3.8) is 0 Å². The minimum Gasteiger partial charge on any atom is -0.507 e. The van der Waals surface area contributed by atoms with E-state index in [1.807, 2.05) is 50.6 Å². The maximum absolute atomic E-state index is 10.1. The highest BCUT2D eigenvalue weighted by atomic mass is 32.2. The lowest BCUT2D eigenvalue weighted by Crippen LogP contribution is -1.87. The second-order valence-corrected chi connectivity index (χ2v) is 6.38. The molecule has 0 fully saturated rings. The first-order chi connectivity index (χ1) is 9.47. The lowest BCUT2D eigenvalue weighted by molar-refractivity contribution is 0.449. The van der Waals surface area contributed by atoms with Crippen molar-refractivity contribution < 1.29 is 10.2 Å². The first kappa shape index (κ1) is 15.1. The summed E-state index contributed by atoms with van der Waals surface area (Å²) in [6, 6.07) is 7.93. The van der Waals surface area contributed by atoms with E-state index in [2.05, 4.69) is 0 Å². The van der Waals surface area contributed by atoms with Gasteiger partial charge in [0.15, 0.2) is 0 Å². The molecule has 0 heterocycles. The number of benzene rings is 2. The molecular weight excluding hydrogens is 288 g/mol. The van der Waals surface area contributed by atoms with Gasteiger partial charge in [0.1, 0.15) is 11.5 Å². The first-order valence-corrected chi connectivity index (χ1v) is 8.68. The Morgan fingerprint density at radius 3 is 1.50 bits per heavy atom. The zero-order valence-electron chi connectivity index (χ0n) is 12.0. The van der Waals surface area contributed by atoms with Gasteiger partial charge in [-0.2, -0.15) is 0 Å². The lowest BCUT2D eigenvalue weighted by atomic mass is 9.99. The molecule has 2 nitrogen and oxygen atoms in total. The van der Waals surface area contributed by atoms with Gasteiger partial charge >= 0.3 is 0 Å². The van der Waals surface area contributed by atoms with Crippen molar-refractivity contribution >= 4 is 23.5 Å². The number of thioether (sulfide) groups is 2. The van der Waals surface area contributed by atoms with E-state index in [1.54, 1.807) is 0 Å². The van der Waals surface area contributed by atoms with Crippen molar-refractivity contribution in [3.05, 3.63) is 35.4 Å². The van der Waals surface area contributed by atoms with E-state index in [0.29, 0.717) is 11.5 Å². The Morgan fingerprint density at radius 1 is 0.700 bits per heavy atom. The predicted octanol–water partition coefficient (Wildman–Crippen LogP) is 4.83. The number of hydrogen-bond donors (Lipinski definition) is 2. The number of aromatic hydroxyl groups is 2. The van der Waals surface area contributed by atoms with Crippen LogP contribution in [-0.4, -0.2) is 22.7 Å². The Morgan fingerprint density at radius 2 is 1.10 bits per heavy atom. The zero-order chi connectivity index (χ0) is 14.9. The van der Waals surface area contributed by atoms with Gasteiger partial charge in [-0.15, -0.1) is 23.5 Å². The largest absolute Gasteiger partial charge is 0.507 e. The molecule has 0 amide bonds. The van der Waals surface area contributed by atoms with Crippen LogP contribution >= 0.6 is 23.5 Å². The molecule has 2 rings (SSSR count). The molecular formula is C16H18O2S2. The number of aryl methyl sites for hydroxylation is 2. The smallest absolute Gasteiger partial charge is 0.142 e. The zero-order valence-corrected chi connectivity index (χ0v) is 13.7. The summed E-state index contributed by atoms with van der Waals surface area (Å²) in [5.41, 5.74) is 3.85. The van der Waals surface area contributed by atoms with E-state index in [1.165, 1.54) is 23.5 Å². The fourth-order valence-electron chi connectivity index (χ4n) is 2.18. The Balaban J connectivity index is 2.63. The van der Waals surface area contributed by atoms with Gasteiger partial charge in [-0.05, 0) is 72.9 Å². The molecule has 0 aliphatic rings. The standard InChI is InChI=1S/C16H18O2S2/c1-9-5-11(6-10(2)15(9)17)12-7-13(19-3)16(18)14(8-12)20-4/h5-8,17-18H,1-4H3. The normalized spacial score (nSPS) is 10.8. The van der Waals surface area contributed by atoms with Gasteiger partial charge in [0.05, 0.1) is 9.79 Å². The van der Waals surface area contributed by atoms with Gasteiger partial charge in [0.2, 0.25) is 0 Å². The predicted molar refractivity (Wildman–Crippen MR) is 88.2 cm³/mol. The van der Waals surface area contributed by atoms with Crippen molar-refractivity contribution in [2.45, 2.75) is 23.6 Å². The van der Waals surface area contributed by atoms with E-state index >= 15 is 0 Å². The topological polar surface area (TPSA) is 40.5 Å². The molecule has 0 radical (unpaired) electrons. The molecule has 0 bridgehead atoms. The average Bonchev–Trinajstić information content (AvgIpc) is 2.44. The molecule has 0 aromatic heterocycles. The molecule has 0 atom stereocenters. The molecule has 106 valence electrons. The summed E-state index contributed by atoms with van der Waals surface area (Å²) in [6.45, 7) is 3.80. The molecule has 0 aliphatic heterocycles. The van der Waals surface area contributed by atoms with E-state index in [-0.39, 0.29) is 0 Å². The molecule has 20 heavy (non-hydrogen) atoms. The van der Waals surface area contributed by atoms with Crippen LogP contribution in [0.4, 0.5) is 0 Å². The van der Waals surface area contributed by atoms with Gasteiger partial charge in [-0.25, -0.2) is 0 Å². The van der Waals surface area contributed by atoms with Crippen LogP contribution in [0.2, 0.25) is 0 Å². The fraction of sp³-hybridized carbons (Fsp3) is 0.250. The van der Waals surface area contributed by atoms with Crippen molar-refractivity contribution in [2.24, 2.45) is 0 Å². The molecule has 0 aliphatic carbocycles.